The molecule has 2 aliphatic rings. The van der Waals surface area contributed by atoms with Crippen molar-refractivity contribution in [1.82, 2.24) is 14.8 Å². The van der Waals surface area contributed by atoms with Gasteiger partial charge in [-0.25, -0.2) is 0 Å². The summed E-state index contributed by atoms with van der Waals surface area (Å²) in [5, 5.41) is 0.0865. The summed E-state index contributed by atoms with van der Waals surface area (Å²) in [6.45, 7) is 5.51. The first-order valence-corrected chi connectivity index (χ1v) is 8.51. The molecule has 2 saturated heterocycles. The summed E-state index contributed by atoms with van der Waals surface area (Å²) >= 11 is 1.68. The molecule has 0 aliphatic carbocycles. The van der Waals surface area contributed by atoms with Crippen LogP contribution in [-0.4, -0.2) is 65.8 Å². The van der Waals surface area contributed by atoms with E-state index in [-0.39, 0.29) is 11.3 Å². The molecule has 6 heteroatoms. The van der Waals surface area contributed by atoms with E-state index in [0.717, 1.165) is 51.5 Å². The van der Waals surface area contributed by atoms with Crippen LogP contribution in [0.25, 0.3) is 0 Å². The van der Waals surface area contributed by atoms with Crippen molar-refractivity contribution in [2.45, 2.75) is 11.8 Å². The van der Waals surface area contributed by atoms with Crippen molar-refractivity contribution in [2.24, 2.45) is 0 Å². The van der Waals surface area contributed by atoms with Gasteiger partial charge < -0.3 is 9.64 Å². The Morgan fingerprint density at radius 1 is 1.29 bits per heavy atom. The fourth-order valence-corrected chi connectivity index (χ4v) is 3.93. The molecule has 1 amide bonds. The number of aromatic nitrogens is 1. The zero-order valence-corrected chi connectivity index (χ0v) is 12.9. The lowest BCUT2D eigenvalue weighted by atomic mass is 10.3. The molecule has 3 rings (SSSR count). The number of hydrogen-bond donors (Lipinski definition) is 0. The van der Waals surface area contributed by atoms with Crippen LogP contribution in [0.1, 0.15) is 17.5 Å². The van der Waals surface area contributed by atoms with E-state index >= 15 is 0 Å². The van der Waals surface area contributed by atoms with Crippen LogP contribution in [0.4, 0.5) is 0 Å². The highest BCUT2D eigenvalue weighted by atomic mass is 32.2. The number of pyridine rings is 1. The van der Waals surface area contributed by atoms with E-state index < -0.39 is 0 Å². The molecule has 0 N–H and O–H groups in total. The highest BCUT2D eigenvalue weighted by molar-refractivity contribution is 8.00. The zero-order chi connectivity index (χ0) is 14.5. The monoisotopic (exact) mass is 307 g/mol. The van der Waals surface area contributed by atoms with E-state index in [9.17, 15) is 4.79 Å². The number of nitrogens with zero attached hydrogens (tertiary/aromatic N) is 3. The van der Waals surface area contributed by atoms with Gasteiger partial charge in [0.1, 0.15) is 5.37 Å². The molecule has 114 valence electrons. The van der Waals surface area contributed by atoms with Crippen LogP contribution in [0.2, 0.25) is 0 Å². The van der Waals surface area contributed by atoms with Crippen LogP contribution in [0.15, 0.2) is 24.4 Å². The predicted octanol–water partition coefficient (Wildman–Crippen LogP) is 1.38. The first-order chi connectivity index (χ1) is 10.3. The number of carbonyl (C=O) groups is 1. The number of amides is 1. The molecule has 5 nitrogen and oxygen atoms in total. The van der Waals surface area contributed by atoms with Gasteiger partial charge in [0.05, 0.1) is 24.7 Å². The number of ether oxygens (including phenoxy) is 1. The molecule has 1 aromatic heterocycles. The Morgan fingerprint density at radius 2 is 2.14 bits per heavy atom. The fourth-order valence-electron chi connectivity index (χ4n) is 2.75. The fraction of sp³-hybridized carbons (Fsp3) is 0.600. The summed E-state index contributed by atoms with van der Waals surface area (Å²) in [6, 6.07) is 5.90. The van der Waals surface area contributed by atoms with E-state index in [1.165, 1.54) is 0 Å². The van der Waals surface area contributed by atoms with Crippen LogP contribution in [-0.2, 0) is 9.53 Å². The Bertz CT molecular complexity index is 465. The average Bonchev–Trinajstić information content (AvgIpc) is 2.91. The molecule has 0 aromatic carbocycles. The minimum atomic E-state index is 0.0865. The molecule has 0 bridgehead atoms. The minimum absolute atomic E-state index is 0.0865. The van der Waals surface area contributed by atoms with Gasteiger partial charge in [-0.15, -0.1) is 11.8 Å². The van der Waals surface area contributed by atoms with E-state index in [2.05, 4.69) is 9.88 Å². The van der Waals surface area contributed by atoms with Crippen molar-refractivity contribution in [3.05, 3.63) is 30.1 Å². The lowest BCUT2D eigenvalue weighted by Crippen LogP contribution is -2.38. The number of carbonyl (C=O) groups excluding carboxylic acids is 1. The summed E-state index contributed by atoms with van der Waals surface area (Å²) in [4.78, 5) is 20.9. The van der Waals surface area contributed by atoms with E-state index in [0.29, 0.717) is 5.75 Å². The van der Waals surface area contributed by atoms with Gasteiger partial charge >= 0.3 is 0 Å². The van der Waals surface area contributed by atoms with Gasteiger partial charge in [-0.3, -0.25) is 14.7 Å². The third-order valence-electron chi connectivity index (χ3n) is 3.89. The molecule has 2 aliphatic heterocycles. The van der Waals surface area contributed by atoms with Crippen LogP contribution >= 0.6 is 11.8 Å². The van der Waals surface area contributed by atoms with Crippen molar-refractivity contribution in [2.75, 3.05) is 45.1 Å². The summed E-state index contributed by atoms with van der Waals surface area (Å²) in [5.74, 6) is 0.802. The number of thioether (sulfide) groups is 1. The Morgan fingerprint density at radius 3 is 2.90 bits per heavy atom. The molecule has 2 fully saturated rings. The van der Waals surface area contributed by atoms with Crippen molar-refractivity contribution in [3.63, 3.8) is 0 Å². The molecular formula is C15H21N3O2S. The lowest BCUT2D eigenvalue weighted by molar-refractivity contribution is -0.128. The Labute approximate surface area is 129 Å². The summed E-state index contributed by atoms with van der Waals surface area (Å²) < 4.78 is 5.35. The van der Waals surface area contributed by atoms with Gasteiger partial charge in [0.2, 0.25) is 5.91 Å². The molecular weight excluding hydrogens is 286 g/mol. The molecule has 0 radical (unpaired) electrons. The number of hydrogen-bond acceptors (Lipinski definition) is 5. The van der Waals surface area contributed by atoms with Gasteiger partial charge in [-0.05, 0) is 18.6 Å². The Kier molecular flexibility index (Phi) is 5.11. The van der Waals surface area contributed by atoms with Crippen LogP contribution in [0.3, 0.4) is 0 Å². The second-order valence-corrected chi connectivity index (χ2v) is 6.38. The molecule has 1 atom stereocenters. The second-order valence-electron chi connectivity index (χ2n) is 5.31. The van der Waals surface area contributed by atoms with E-state index in [4.69, 9.17) is 4.74 Å². The number of rotatable bonds is 5. The zero-order valence-electron chi connectivity index (χ0n) is 12.1. The number of morpholine rings is 1. The maximum Gasteiger partial charge on any atom is 0.233 e. The first-order valence-electron chi connectivity index (χ1n) is 7.47. The Balaban J connectivity index is 1.53. The van der Waals surface area contributed by atoms with Gasteiger partial charge in [0.25, 0.3) is 0 Å². The van der Waals surface area contributed by atoms with Crippen LogP contribution in [0, 0.1) is 0 Å². The smallest absolute Gasteiger partial charge is 0.233 e. The SMILES string of the molecule is O=C1CSC(c2ccccn2)N1CCCN1CCOCC1. The third kappa shape index (κ3) is 3.75. The van der Waals surface area contributed by atoms with Crippen molar-refractivity contribution < 1.29 is 9.53 Å². The molecule has 0 saturated carbocycles. The molecule has 21 heavy (non-hydrogen) atoms. The largest absolute Gasteiger partial charge is 0.379 e. The average molecular weight is 307 g/mol. The van der Waals surface area contributed by atoms with Crippen molar-refractivity contribution in [1.29, 1.82) is 0 Å². The first kappa shape index (κ1) is 14.8. The summed E-state index contributed by atoms with van der Waals surface area (Å²) in [7, 11) is 0. The second kappa shape index (κ2) is 7.24. The molecule has 1 aromatic rings. The third-order valence-corrected chi connectivity index (χ3v) is 5.11. The molecule has 0 spiro atoms. The minimum Gasteiger partial charge on any atom is -0.379 e. The maximum atomic E-state index is 12.1. The van der Waals surface area contributed by atoms with E-state index in [1.807, 2.05) is 23.1 Å². The van der Waals surface area contributed by atoms with Gasteiger partial charge in [0.15, 0.2) is 0 Å². The highest BCUT2D eigenvalue weighted by Gasteiger charge is 2.33. The van der Waals surface area contributed by atoms with Gasteiger partial charge in [-0.2, -0.15) is 0 Å². The van der Waals surface area contributed by atoms with Crippen LogP contribution < -0.4 is 0 Å². The maximum absolute atomic E-state index is 12.1. The quantitative estimate of drug-likeness (QED) is 0.822. The van der Waals surface area contributed by atoms with Crippen molar-refractivity contribution in [3.8, 4) is 0 Å². The Hall–Kier alpha value is -1.11. The standard InChI is InChI=1S/C15H21N3O2S/c19-14-12-21-15(13-4-1-2-5-16-13)18(14)7-3-6-17-8-10-20-11-9-17/h1-2,4-5,15H,3,6-12H2. The normalized spacial score (nSPS) is 23.7. The topological polar surface area (TPSA) is 45.7 Å². The predicted molar refractivity (Wildman–Crippen MR) is 83.0 cm³/mol. The van der Waals surface area contributed by atoms with Gasteiger partial charge in [-0.1, -0.05) is 6.07 Å². The van der Waals surface area contributed by atoms with E-state index in [1.54, 1.807) is 18.0 Å². The van der Waals surface area contributed by atoms with Crippen molar-refractivity contribution >= 4 is 17.7 Å². The lowest BCUT2D eigenvalue weighted by Gasteiger charge is -2.28. The summed E-state index contributed by atoms with van der Waals surface area (Å²) in [6.07, 6.45) is 2.81. The van der Waals surface area contributed by atoms with Crippen LogP contribution in [0.5, 0.6) is 0 Å². The summed E-state index contributed by atoms with van der Waals surface area (Å²) in [5.41, 5.74) is 0.986. The highest BCUT2D eigenvalue weighted by Crippen LogP contribution is 2.37. The molecule has 1 unspecified atom stereocenters. The molecule has 3 heterocycles. The van der Waals surface area contributed by atoms with Gasteiger partial charge in [0, 0.05) is 32.4 Å².